The Balaban J connectivity index is 1.83. The van der Waals surface area contributed by atoms with Gasteiger partial charge in [-0.25, -0.2) is 9.18 Å². The largest absolute Gasteiger partial charge is 0.493 e. The van der Waals surface area contributed by atoms with E-state index >= 15 is 0 Å². The number of carboxylic acid groups (broad SMARTS) is 1. The van der Waals surface area contributed by atoms with Crippen LogP contribution in [0, 0.1) is 5.82 Å². The lowest BCUT2D eigenvalue weighted by molar-refractivity contribution is 0.0695. The number of halogens is 1. The Morgan fingerprint density at radius 1 is 1.30 bits per heavy atom. The molecule has 0 spiro atoms. The predicted molar refractivity (Wildman–Crippen MR) is 77.0 cm³/mol. The third kappa shape index (κ3) is 3.18. The highest BCUT2D eigenvalue weighted by Gasteiger charge is 2.24. The molecular weight excluding hydrogens is 305 g/mol. The van der Waals surface area contributed by atoms with E-state index in [-0.39, 0.29) is 11.3 Å². The Morgan fingerprint density at radius 2 is 2.13 bits per heavy atom. The second-order valence-corrected chi connectivity index (χ2v) is 5.20. The highest BCUT2D eigenvalue weighted by molar-refractivity contribution is 5.95. The predicted octanol–water partition coefficient (Wildman–Crippen LogP) is 2.76. The van der Waals surface area contributed by atoms with Gasteiger partial charge in [-0.3, -0.25) is 4.79 Å². The first-order valence-electron chi connectivity index (χ1n) is 7.09. The molecule has 1 aromatic heterocycles. The van der Waals surface area contributed by atoms with E-state index in [0.717, 1.165) is 12.3 Å². The van der Waals surface area contributed by atoms with Crippen molar-refractivity contribution >= 4 is 11.9 Å². The van der Waals surface area contributed by atoms with E-state index in [9.17, 15) is 14.0 Å². The van der Waals surface area contributed by atoms with Crippen molar-refractivity contribution in [1.29, 1.82) is 0 Å². The molecule has 1 aliphatic rings. The number of nitrogens with one attached hydrogen (secondary N) is 1. The Bertz CT molecular complexity index is 755. The molecule has 3 rings (SSSR count). The van der Waals surface area contributed by atoms with Crippen molar-refractivity contribution in [1.82, 2.24) is 5.32 Å². The van der Waals surface area contributed by atoms with Crippen LogP contribution in [0.4, 0.5) is 4.39 Å². The van der Waals surface area contributed by atoms with Crippen molar-refractivity contribution in [2.24, 2.45) is 0 Å². The lowest BCUT2D eigenvalue weighted by Crippen LogP contribution is -2.28. The molecule has 1 aliphatic heterocycles. The van der Waals surface area contributed by atoms with Crippen LogP contribution >= 0.6 is 0 Å². The maximum absolute atomic E-state index is 13.5. The number of carbonyl (C=O) groups excluding carboxylic acids is 1. The molecule has 1 aromatic carbocycles. The van der Waals surface area contributed by atoms with Crippen LogP contribution in [0.2, 0.25) is 0 Å². The van der Waals surface area contributed by atoms with Crippen molar-refractivity contribution < 1.29 is 28.2 Å². The van der Waals surface area contributed by atoms with E-state index in [0.29, 0.717) is 30.8 Å². The second-order valence-electron chi connectivity index (χ2n) is 5.20. The van der Waals surface area contributed by atoms with Crippen molar-refractivity contribution in [2.75, 3.05) is 6.61 Å². The number of carboxylic acids is 1. The fourth-order valence-corrected chi connectivity index (χ4v) is 2.49. The van der Waals surface area contributed by atoms with Gasteiger partial charge in [0.15, 0.2) is 5.76 Å². The minimum Gasteiger partial charge on any atom is -0.493 e. The van der Waals surface area contributed by atoms with Crippen LogP contribution in [-0.2, 0) is 0 Å². The second kappa shape index (κ2) is 6.12. The maximum Gasteiger partial charge on any atom is 0.338 e. The first kappa shape index (κ1) is 15.1. The van der Waals surface area contributed by atoms with Crippen molar-refractivity contribution in [3.63, 3.8) is 0 Å². The van der Waals surface area contributed by atoms with Gasteiger partial charge >= 0.3 is 5.97 Å². The van der Waals surface area contributed by atoms with Crippen molar-refractivity contribution in [2.45, 2.75) is 18.9 Å². The van der Waals surface area contributed by atoms with Crippen LogP contribution in [-0.4, -0.2) is 23.6 Å². The first-order chi connectivity index (χ1) is 11.0. The smallest absolute Gasteiger partial charge is 0.338 e. The molecule has 0 aliphatic carbocycles. The summed E-state index contributed by atoms with van der Waals surface area (Å²) in [5.74, 6) is -1.73. The third-order valence-corrected chi connectivity index (χ3v) is 3.62. The van der Waals surface area contributed by atoms with E-state index in [4.69, 9.17) is 14.3 Å². The van der Waals surface area contributed by atoms with Crippen molar-refractivity contribution in [3.8, 4) is 5.75 Å². The van der Waals surface area contributed by atoms with E-state index < -0.39 is 23.7 Å². The summed E-state index contributed by atoms with van der Waals surface area (Å²) in [5, 5.41) is 11.6. The first-order valence-corrected chi connectivity index (χ1v) is 7.09. The normalized spacial score (nSPS) is 16.8. The molecular formula is C16H14FNO5. The summed E-state index contributed by atoms with van der Waals surface area (Å²) in [4.78, 5) is 23.0. The van der Waals surface area contributed by atoms with E-state index in [1.165, 1.54) is 18.2 Å². The number of hydrogen-bond acceptors (Lipinski definition) is 4. The molecule has 0 saturated carbocycles. The number of amides is 1. The van der Waals surface area contributed by atoms with Gasteiger partial charge in [0.1, 0.15) is 17.8 Å². The van der Waals surface area contributed by atoms with Crippen LogP contribution < -0.4 is 10.1 Å². The number of carbonyl (C=O) groups is 2. The molecule has 2 heterocycles. The number of aromatic carboxylic acids is 1. The quantitative estimate of drug-likeness (QED) is 0.908. The minimum atomic E-state index is -1.18. The Labute approximate surface area is 130 Å². The van der Waals surface area contributed by atoms with Crippen molar-refractivity contribution in [3.05, 3.63) is 53.2 Å². The van der Waals surface area contributed by atoms with Crippen LogP contribution in [0.1, 0.15) is 45.4 Å². The number of rotatable bonds is 3. The highest BCUT2D eigenvalue weighted by atomic mass is 19.1. The Morgan fingerprint density at radius 3 is 2.87 bits per heavy atom. The molecule has 0 bridgehead atoms. The molecule has 2 N–H and O–H groups in total. The van der Waals surface area contributed by atoms with E-state index in [1.807, 2.05) is 0 Å². The number of hydrogen-bond donors (Lipinski definition) is 2. The van der Waals surface area contributed by atoms with Crippen LogP contribution in [0.5, 0.6) is 5.75 Å². The van der Waals surface area contributed by atoms with Gasteiger partial charge in [-0.15, -0.1) is 0 Å². The third-order valence-electron chi connectivity index (χ3n) is 3.62. The lowest BCUT2D eigenvalue weighted by atomic mass is 10.0. The topological polar surface area (TPSA) is 88.8 Å². The van der Waals surface area contributed by atoms with Gasteiger partial charge in [-0.2, -0.15) is 0 Å². The number of benzene rings is 1. The fourth-order valence-electron chi connectivity index (χ4n) is 2.49. The maximum atomic E-state index is 13.5. The van der Waals surface area contributed by atoms with Crippen LogP contribution in [0.25, 0.3) is 0 Å². The molecule has 0 saturated heterocycles. The fraction of sp³-hybridized carbons (Fsp3) is 0.250. The Kier molecular flexibility index (Phi) is 4.01. The van der Waals surface area contributed by atoms with Gasteiger partial charge in [0, 0.05) is 11.6 Å². The lowest BCUT2D eigenvalue weighted by Gasteiger charge is -2.17. The zero-order valence-electron chi connectivity index (χ0n) is 12.0. The standard InChI is InChI=1S/C16H14FNO5/c17-10-3-4-13-11(7-10)12(2-1-5-22-13)18-15(19)14-6-9(8-23-14)16(20)21/h3-4,6-8,12H,1-2,5H2,(H,18,19)(H,20,21). The SMILES string of the molecule is O=C(O)c1coc(C(=O)NC2CCCOc3ccc(F)cc32)c1. The molecule has 1 atom stereocenters. The average Bonchev–Trinajstić information content (AvgIpc) is 2.94. The summed E-state index contributed by atoms with van der Waals surface area (Å²) >= 11 is 0. The zero-order chi connectivity index (χ0) is 16.4. The number of ether oxygens (including phenoxy) is 1. The number of fused-ring (bicyclic) bond motifs is 1. The summed E-state index contributed by atoms with van der Waals surface area (Å²) in [6, 6.07) is 4.88. The van der Waals surface area contributed by atoms with Gasteiger partial charge in [0.05, 0.1) is 18.2 Å². The zero-order valence-corrected chi connectivity index (χ0v) is 12.0. The molecule has 1 unspecified atom stereocenters. The molecule has 6 nitrogen and oxygen atoms in total. The molecule has 2 aromatic rings. The van der Waals surface area contributed by atoms with Crippen LogP contribution in [0.15, 0.2) is 34.9 Å². The molecule has 0 radical (unpaired) electrons. The molecule has 1 amide bonds. The van der Waals surface area contributed by atoms with Gasteiger partial charge in [-0.1, -0.05) is 0 Å². The van der Waals surface area contributed by atoms with E-state index in [2.05, 4.69) is 5.32 Å². The van der Waals surface area contributed by atoms with E-state index in [1.54, 1.807) is 0 Å². The summed E-state index contributed by atoms with van der Waals surface area (Å²) < 4.78 is 24.0. The molecule has 0 fully saturated rings. The summed E-state index contributed by atoms with van der Waals surface area (Å²) in [6.07, 6.45) is 2.27. The van der Waals surface area contributed by atoms with Gasteiger partial charge in [0.2, 0.25) is 0 Å². The molecule has 23 heavy (non-hydrogen) atoms. The minimum absolute atomic E-state index is 0.106. The van der Waals surface area contributed by atoms with Gasteiger partial charge in [0.25, 0.3) is 5.91 Å². The summed E-state index contributed by atoms with van der Waals surface area (Å²) in [7, 11) is 0. The number of furan rings is 1. The molecule has 7 heteroatoms. The van der Waals surface area contributed by atoms with Gasteiger partial charge < -0.3 is 19.6 Å². The molecule has 120 valence electrons. The average molecular weight is 319 g/mol. The monoisotopic (exact) mass is 319 g/mol. The van der Waals surface area contributed by atoms with Gasteiger partial charge in [-0.05, 0) is 31.0 Å². The summed E-state index contributed by atoms with van der Waals surface area (Å²) in [5.41, 5.74) is 0.451. The Hall–Kier alpha value is -2.83. The highest BCUT2D eigenvalue weighted by Crippen LogP contribution is 2.32. The van der Waals surface area contributed by atoms with Crippen LogP contribution in [0.3, 0.4) is 0 Å². The summed E-state index contributed by atoms with van der Waals surface area (Å²) in [6.45, 7) is 0.481.